The van der Waals surface area contributed by atoms with Crippen LogP contribution < -0.4 is 10.0 Å². The number of alkyl halides is 5. The van der Waals surface area contributed by atoms with Gasteiger partial charge in [-0.05, 0) is 36.8 Å². The molecule has 36 heavy (non-hydrogen) atoms. The zero-order valence-electron chi connectivity index (χ0n) is 18.6. The normalized spacial score (nSPS) is 13.9. The van der Waals surface area contributed by atoms with Gasteiger partial charge in [-0.15, -0.1) is 0 Å². The maximum Gasteiger partial charge on any atom is 0.511 e. The molecule has 0 heterocycles. The first-order chi connectivity index (χ1) is 16.5. The molecule has 4 N–H and O–H groups in total. The molecule has 1 atom stereocenters. The van der Waals surface area contributed by atoms with Crippen LogP contribution in [0.25, 0.3) is 0 Å². The summed E-state index contributed by atoms with van der Waals surface area (Å²) in [6.07, 6.45) is 1.13. The summed E-state index contributed by atoms with van der Waals surface area (Å²) in [5.74, 6) is -1.06. The van der Waals surface area contributed by atoms with Crippen LogP contribution in [-0.4, -0.2) is 42.2 Å². The number of amides is 1. The molecule has 0 aliphatic rings. The summed E-state index contributed by atoms with van der Waals surface area (Å²) in [6, 6.07) is 10.5. The molecule has 2 aromatic rings. The molecule has 0 aliphatic carbocycles. The van der Waals surface area contributed by atoms with Crippen LogP contribution >= 0.6 is 7.60 Å². The average Bonchev–Trinajstić information content (AvgIpc) is 2.77. The van der Waals surface area contributed by atoms with Crippen molar-refractivity contribution < 1.29 is 49.5 Å². The van der Waals surface area contributed by atoms with Crippen LogP contribution in [0, 0.1) is 0 Å². The highest BCUT2D eigenvalue weighted by atomic mass is 32.2. The lowest BCUT2D eigenvalue weighted by Gasteiger charge is -2.21. The average molecular weight is 558 g/mol. The Morgan fingerprint density at radius 3 is 2.03 bits per heavy atom. The number of hydrogen-bond donors (Lipinski definition) is 4. The highest BCUT2D eigenvalue weighted by Crippen LogP contribution is 2.59. The summed E-state index contributed by atoms with van der Waals surface area (Å²) in [5.41, 5.74) is -10.3. The SMILES string of the molecule is O=C(NCCCCc1ccccc1)C(Cc1ccc(C(F)(F)P(=O)(O)O)cc1)NS(=O)(=O)C(F)(F)F. The van der Waals surface area contributed by atoms with Gasteiger partial charge in [-0.3, -0.25) is 9.36 Å². The number of sulfonamides is 1. The monoisotopic (exact) mass is 558 g/mol. The number of carbonyl (C=O) groups excluding carboxylic acids is 1. The van der Waals surface area contributed by atoms with Crippen LogP contribution in [0.2, 0.25) is 0 Å². The lowest BCUT2D eigenvalue weighted by atomic mass is 10.0. The predicted octanol–water partition coefficient (Wildman–Crippen LogP) is 3.40. The van der Waals surface area contributed by atoms with Crippen molar-refractivity contribution in [2.45, 2.75) is 42.9 Å². The number of hydrogen-bond acceptors (Lipinski definition) is 4. The second-order valence-electron chi connectivity index (χ2n) is 7.84. The molecular formula is C21H24F5N2O6PS. The van der Waals surface area contributed by atoms with Crippen LogP contribution in [0.15, 0.2) is 54.6 Å². The summed E-state index contributed by atoms with van der Waals surface area (Å²) in [6.45, 7) is 0.0450. The summed E-state index contributed by atoms with van der Waals surface area (Å²) >= 11 is 0. The Morgan fingerprint density at radius 2 is 1.50 bits per heavy atom. The van der Waals surface area contributed by atoms with Crippen molar-refractivity contribution in [2.75, 3.05) is 6.54 Å². The Labute approximate surface area is 204 Å². The molecule has 1 unspecified atom stereocenters. The first kappa shape index (κ1) is 29.8. The highest BCUT2D eigenvalue weighted by molar-refractivity contribution is 7.90. The van der Waals surface area contributed by atoms with E-state index in [4.69, 9.17) is 9.79 Å². The Bertz CT molecular complexity index is 1170. The van der Waals surface area contributed by atoms with E-state index in [0.717, 1.165) is 17.7 Å². The van der Waals surface area contributed by atoms with Gasteiger partial charge in [0.05, 0.1) is 0 Å². The molecule has 0 bridgehead atoms. The van der Waals surface area contributed by atoms with E-state index in [1.54, 1.807) is 0 Å². The van der Waals surface area contributed by atoms with E-state index < -0.39 is 52.7 Å². The largest absolute Gasteiger partial charge is 0.511 e. The van der Waals surface area contributed by atoms with Crippen LogP contribution in [0.3, 0.4) is 0 Å². The maximum atomic E-state index is 13.8. The first-order valence-electron chi connectivity index (χ1n) is 10.5. The van der Waals surface area contributed by atoms with E-state index in [0.29, 0.717) is 31.4 Å². The number of benzene rings is 2. The smallest absolute Gasteiger partial charge is 0.355 e. The van der Waals surface area contributed by atoms with Crippen LogP contribution in [0.5, 0.6) is 0 Å². The lowest BCUT2D eigenvalue weighted by Crippen LogP contribution is -2.51. The number of rotatable bonds is 12. The molecule has 0 saturated heterocycles. The summed E-state index contributed by atoms with van der Waals surface area (Å²) in [7, 11) is -11.8. The van der Waals surface area contributed by atoms with Gasteiger partial charge in [0.25, 0.3) is 0 Å². The van der Waals surface area contributed by atoms with E-state index >= 15 is 0 Å². The molecule has 200 valence electrons. The standard InChI is InChI=1S/C21H24F5N2O6PS/c22-20(23,35(30,31)32)17-11-9-16(10-12-17)14-18(28-36(33,34)21(24,25)26)19(29)27-13-5-4-8-15-6-2-1-3-7-15/h1-3,6-7,9-12,18,28H,4-5,8,13-14H2,(H,27,29)(H2,30,31,32). The Hall–Kier alpha value is -2.38. The minimum absolute atomic E-state index is 0.0330. The second-order valence-corrected chi connectivity index (χ2v) is 11.2. The molecule has 8 nitrogen and oxygen atoms in total. The number of carbonyl (C=O) groups is 1. The molecule has 15 heteroatoms. The zero-order chi connectivity index (χ0) is 27.2. The summed E-state index contributed by atoms with van der Waals surface area (Å²) < 4.78 is 102. The van der Waals surface area contributed by atoms with Crippen LogP contribution in [-0.2, 0) is 37.9 Å². The minimum Gasteiger partial charge on any atom is -0.355 e. The molecule has 0 aliphatic heterocycles. The van der Waals surface area contributed by atoms with Crippen molar-refractivity contribution in [3.8, 4) is 0 Å². The second kappa shape index (κ2) is 11.8. The van der Waals surface area contributed by atoms with Gasteiger partial charge in [-0.1, -0.05) is 54.6 Å². The minimum atomic E-state index is -5.92. The van der Waals surface area contributed by atoms with Gasteiger partial charge in [0.15, 0.2) is 0 Å². The Morgan fingerprint density at radius 1 is 0.917 bits per heavy atom. The Kier molecular flexibility index (Phi) is 9.77. The van der Waals surface area contributed by atoms with Crippen LogP contribution in [0.1, 0.15) is 29.5 Å². The van der Waals surface area contributed by atoms with E-state index in [2.05, 4.69) is 5.32 Å². The number of aryl methyl sites for hydroxylation is 1. The van der Waals surface area contributed by atoms with Gasteiger partial charge in [0.2, 0.25) is 5.91 Å². The highest BCUT2D eigenvalue weighted by Gasteiger charge is 2.50. The van der Waals surface area contributed by atoms with E-state index in [-0.39, 0.29) is 12.1 Å². The third-order valence-electron chi connectivity index (χ3n) is 5.06. The summed E-state index contributed by atoms with van der Waals surface area (Å²) in [5, 5.41) is 2.36. The van der Waals surface area contributed by atoms with Gasteiger partial charge in [0.1, 0.15) is 6.04 Å². The van der Waals surface area contributed by atoms with Gasteiger partial charge in [-0.25, -0.2) is 8.42 Å². The third-order valence-corrected chi connectivity index (χ3v) is 7.25. The zero-order valence-corrected chi connectivity index (χ0v) is 20.3. The predicted molar refractivity (Wildman–Crippen MR) is 120 cm³/mol. The van der Waals surface area contributed by atoms with Crippen LogP contribution in [0.4, 0.5) is 22.0 Å². The van der Waals surface area contributed by atoms with Crippen molar-refractivity contribution in [3.63, 3.8) is 0 Å². The third kappa shape index (κ3) is 8.07. The topological polar surface area (TPSA) is 133 Å². The van der Waals surface area contributed by atoms with E-state index in [1.807, 2.05) is 30.3 Å². The van der Waals surface area contributed by atoms with Gasteiger partial charge >= 0.3 is 28.8 Å². The number of unbranched alkanes of at least 4 members (excludes halogenated alkanes) is 1. The van der Waals surface area contributed by atoms with Crippen molar-refractivity contribution in [2.24, 2.45) is 0 Å². The fourth-order valence-corrected chi connectivity index (χ4v) is 4.30. The van der Waals surface area contributed by atoms with E-state index in [9.17, 15) is 39.7 Å². The fourth-order valence-electron chi connectivity index (χ4n) is 3.12. The van der Waals surface area contributed by atoms with Gasteiger partial charge < -0.3 is 15.1 Å². The molecule has 2 aromatic carbocycles. The number of nitrogens with one attached hydrogen (secondary N) is 2. The Balaban J connectivity index is 2.09. The van der Waals surface area contributed by atoms with E-state index in [1.165, 1.54) is 4.72 Å². The first-order valence-corrected chi connectivity index (χ1v) is 13.6. The summed E-state index contributed by atoms with van der Waals surface area (Å²) in [4.78, 5) is 30.1. The molecule has 0 aromatic heterocycles. The van der Waals surface area contributed by atoms with Gasteiger partial charge in [-0.2, -0.15) is 26.7 Å². The van der Waals surface area contributed by atoms with Crippen molar-refractivity contribution >= 4 is 23.5 Å². The molecule has 0 fully saturated rings. The quantitative estimate of drug-likeness (QED) is 0.179. The molecule has 0 spiro atoms. The van der Waals surface area contributed by atoms with Crippen molar-refractivity contribution in [1.82, 2.24) is 10.0 Å². The molecule has 0 radical (unpaired) electrons. The molecular weight excluding hydrogens is 534 g/mol. The van der Waals surface area contributed by atoms with Crippen molar-refractivity contribution in [3.05, 3.63) is 71.3 Å². The maximum absolute atomic E-state index is 13.8. The molecule has 1 amide bonds. The molecule has 0 saturated carbocycles. The molecule has 2 rings (SSSR count). The lowest BCUT2D eigenvalue weighted by molar-refractivity contribution is -0.122. The van der Waals surface area contributed by atoms with Gasteiger partial charge in [0, 0.05) is 12.1 Å². The van der Waals surface area contributed by atoms with Crippen molar-refractivity contribution in [1.29, 1.82) is 0 Å². The fraction of sp³-hybridized carbons (Fsp3) is 0.381. The number of halogens is 5.